The molecule has 1 aliphatic rings. The van der Waals surface area contributed by atoms with Gasteiger partial charge in [-0.05, 0) is 91.6 Å². The lowest BCUT2D eigenvalue weighted by molar-refractivity contribution is -0.159. The monoisotopic (exact) mass is 712 g/mol. The van der Waals surface area contributed by atoms with Crippen LogP contribution in [0.2, 0.25) is 0 Å². The van der Waals surface area contributed by atoms with Crippen molar-refractivity contribution in [2.75, 3.05) is 12.0 Å². The third kappa shape index (κ3) is 7.22. The Bertz CT molecular complexity index is 1760. The van der Waals surface area contributed by atoms with Crippen molar-refractivity contribution in [3.8, 4) is 0 Å². The van der Waals surface area contributed by atoms with Crippen molar-refractivity contribution in [2.24, 2.45) is 0 Å². The summed E-state index contributed by atoms with van der Waals surface area (Å²) >= 11 is 3.42. The number of methoxy groups -OCH3 is 1. The predicted molar refractivity (Wildman–Crippen MR) is 178 cm³/mol. The van der Waals surface area contributed by atoms with Crippen LogP contribution in [0.1, 0.15) is 85.8 Å². The number of esters is 2. The molecule has 0 radical (unpaired) electrons. The van der Waals surface area contributed by atoms with E-state index in [1.54, 1.807) is 105 Å². The molecule has 47 heavy (non-hydrogen) atoms. The van der Waals surface area contributed by atoms with Gasteiger partial charge >= 0.3 is 24.1 Å². The summed E-state index contributed by atoms with van der Waals surface area (Å²) < 4.78 is 24.1. The molecule has 1 aromatic heterocycles. The maximum atomic E-state index is 15.0. The summed E-state index contributed by atoms with van der Waals surface area (Å²) in [5.74, 6) is -4.12. The number of carbonyl (C=O) groups excluding carboxylic acids is 5. The second-order valence-corrected chi connectivity index (χ2v) is 15.3. The maximum absolute atomic E-state index is 15.0. The fourth-order valence-electron chi connectivity index (χ4n) is 5.75. The number of hydrogen-bond acceptors (Lipinski definition) is 9. The number of carbonyl (C=O) groups is 5. The zero-order valence-corrected chi connectivity index (χ0v) is 29.9. The molecule has 2 amide bonds. The largest absolute Gasteiger partial charge is 0.469 e. The van der Waals surface area contributed by atoms with E-state index in [0.29, 0.717) is 15.4 Å². The molecular weight excluding hydrogens is 672 g/mol. The molecule has 11 nitrogen and oxygen atoms in total. The van der Waals surface area contributed by atoms with Crippen LogP contribution >= 0.6 is 15.9 Å². The van der Waals surface area contributed by atoms with Crippen LogP contribution in [-0.2, 0) is 38.7 Å². The van der Waals surface area contributed by atoms with Gasteiger partial charge in [-0.3, -0.25) is 19.0 Å². The predicted octanol–water partition coefficient (Wildman–Crippen LogP) is 7.40. The molecule has 0 N–H and O–H groups in total. The minimum atomic E-state index is -2.08. The number of fused-ring (bicyclic) bond motifs is 2. The number of halogens is 1. The van der Waals surface area contributed by atoms with Crippen molar-refractivity contribution in [1.82, 2.24) is 4.57 Å². The average Bonchev–Trinajstić information content (AvgIpc) is 3.39. The number of amides is 2. The molecule has 0 fully saturated rings. The number of ether oxygens (including phenoxy) is 4. The highest BCUT2D eigenvalue weighted by Gasteiger charge is 2.62. The fraction of sp³-hybridized carbons (Fsp3) is 0.457. The van der Waals surface area contributed by atoms with E-state index in [1.165, 1.54) is 10.8 Å². The normalized spacial score (nSPS) is 17.3. The maximum Gasteiger partial charge on any atom is 0.421 e. The Kier molecular flexibility index (Phi) is 9.44. The van der Waals surface area contributed by atoms with E-state index in [0.717, 1.165) is 12.0 Å². The quantitative estimate of drug-likeness (QED) is 0.196. The zero-order valence-electron chi connectivity index (χ0n) is 28.3. The van der Waals surface area contributed by atoms with E-state index in [2.05, 4.69) is 15.9 Å². The summed E-state index contributed by atoms with van der Waals surface area (Å²) in [5, 5.41) is 0.430. The second-order valence-electron chi connectivity index (χ2n) is 14.4. The topological polar surface area (TPSA) is 130 Å². The molecule has 2 heterocycles. The van der Waals surface area contributed by atoms with Gasteiger partial charge in [0, 0.05) is 16.1 Å². The fourth-order valence-corrected chi connectivity index (χ4v) is 6.10. The molecule has 0 unspecified atom stereocenters. The molecule has 2 atom stereocenters. The van der Waals surface area contributed by atoms with Crippen molar-refractivity contribution in [3.63, 3.8) is 0 Å². The first-order chi connectivity index (χ1) is 21.6. The molecule has 4 rings (SSSR count). The third-order valence-electron chi connectivity index (χ3n) is 7.26. The van der Waals surface area contributed by atoms with Gasteiger partial charge in [0.25, 0.3) is 0 Å². The minimum Gasteiger partial charge on any atom is -0.469 e. The summed E-state index contributed by atoms with van der Waals surface area (Å²) in [4.78, 5) is 71.0. The molecule has 12 heteroatoms. The van der Waals surface area contributed by atoms with Crippen LogP contribution < -0.4 is 4.90 Å². The second kappa shape index (κ2) is 12.4. The highest BCUT2D eigenvalue weighted by molar-refractivity contribution is 9.10. The standard InChI is InChI=1S/C35H41BrN2O9/c1-32(2,3)45-26(39)18-35(23-16-15-20(36)17-25(23)38(29(35)41)31(43)47-34(7,8)9)27(28(40)44-10)22-19-37(30(42)46-33(4,5)6)24-14-12-11-13-21(22)24/h11-17,19,27H,18H2,1-10H3/t27-,35+/m0/s1. The number of anilines is 1. The van der Waals surface area contributed by atoms with Gasteiger partial charge < -0.3 is 18.9 Å². The smallest absolute Gasteiger partial charge is 0.421 e. The van der Waals surface area contributed by atoms with Crippen LogP contribution in [0.4, 0.5) is 15.3 Å². The average molecular weight is 714 g/mol. The first-order valence-corrected chi connectivity index (χ1v) is 15.9. The van der Waals surface area contributed by atoms with Gasteiger partial charge in [0.1, 0.15) is 28.1 Å². The number of nitrogens with zero attached hydrogens (tertiary/aromatic N) is 2. The first-order valence-electron chi connectivity index (χ1n) is 15.1. The van der Waals surface area contributed by atoms with Gasteiger partial charge in [-0.1, -0.05) is 40.2 Å². The molecule has 0 aliphatic carbocycles. The van der Waals surface area contributed by atoms with Gasteiger partial charge in [0.2, 0.25) is 5.91 Å². The lowest BCUT2D eigenvalue weighted by atomic mass is 9.66. The van der Waals surface area contributed by atoms with E-state index < -0.39 is 64.6 Å². The van der Waals surface area contributed by atoms with Crippen LogP contribution in [-0.4, -0.2) is 58.5 Å². The number of aromatic nitrogens is 1. The number of para-hydroxylation sites is 1. The van der Waals surface area contributed by atoms with Gasteiger partial charge in [-0.2, -0.15) is 0 Å². The number of imide groups is 1. The summed E-state index contributed by atoms with van der Waals surface area (Å²) in [6.07, 6.45) is -0.947. The number of rotatable bonds is 5. The van der Waals surface area contributed by atoms with Crippen molar-refractivity contribution < 1.29 is 42.9 Å². The Hall–Kier alpha value is -4.19. The van der Waals surface area contributed by atoms with Crippen LogP contribution in [0, 0.1) is 0 Å². The summed E-state index contributed by atoms with van der Waals surface area (Å²) in [6.45, 7) is 15.2. The molecular formula is C35H41BrN2O9. The van der Waals surface area contributed by atoms with Crippen molar-refractivity contribution >= 4 is 62.6 Å². The van der Waals surface area contributed by atoms with Gasteiger partial charge in [-0.15, -0.1) is 0 Å². The highest BCUT2D eigenvalue weighted by Crippen LogP contribution is 2.55. The summed E-state index contributed by atoms with van der Waals surface area (Å²) in [7, 11) is 1.16. The Balaban J connectivity index is 2.10. The molecule has 0 saturated heterocycles. The number of benzene rings is 2. The molecule has 0 saturated carbocycles. The number of hydrogen-bond donors (Lipinski definition) is 0. The minimum absolute atomic E-state index is 0.118. The van der Waals surface area contributed by atoms with E-state index in [-0.39, 0.29) is 16.8 Å². The zero-order chi connectivity index (χ0) is 35.3. The molecule has 3 aromatic rings. The van der Waals surface area contributed by atoms with Crippen molar-refractivity contribution in [1.29, 1.82) is 0 Å². The van der Waals surface area contributed by atoms with E-state index in [1.807, 2.05) is 0 Å². The van der Waals surface area contributed by atoms with Crippen molar-refractivity contribution in [3.05, 3.63) is 64.3 Å². The molecule has 0 spiro atoms. The Morgan fingerprint density at radius 3 is 1.98 bits per heavy atom. The molecule has 1 aliphatic heterocycles. The van der Waals surface area contributed by atoms with Crippen LogP contribution in [0.5, 0.6) is 0 Å². The van der Waals surface area contributed by atoms with Crippen LogP contribution in [0.3, 0.4) is 0 Å². The molecule has 2 aromatic carbocycles. The summed E-state index contributed by atoms with van der Waals surface area (Å²) in [5.41, 5.74) is -3.93. The third-order valence-corrected chi connectivity index (χ3v) is 7.75. The van der Waals surface area contributed by atoms with E-state index in [4.69, 9.17) is 18.9 Å². The Morgan fingerprint density at radius 1 is 0.830 bits per heavy atom. The highest BCUT2D eigenvalue weighted by atomic mass is 79.9. The van der Waals surface area contributed by atoms with Crippen LogP contribution in [0.25, 0.3) is 10.9 Å². The Labute approximate surface area is 282 Å². The van der Waals surface area contributed by atoms with Gasteiger partial charge in [0.15, 0.2) is 0 Å². The lowest BCUT2D eigenvalue weighted by Gasteiger charge is -2.35. The molecule has 252 valence electrons. The summed E-state index contributed by atoms with van der Waals surface area (Å²) in [6, 6.07) is 11.6. The van der Waals surface area contributed by atoms with Gasteiger partial charge in [0.05, 0.1) is 24.7 Å². The van der Waals surface area contributed by atoms with Crippen LogP contribution in [0.15, 0.2) is 53.1 Å². The lowest BCUT2D eigenvalue weighted by Crippen LogP contribution is -2.51. The van der Waals surface area contributed by atoms with E-state index >= 15 is 4.79 Å². The Morgan fingerprint density at radius 2 is 1.40 bits per heavy atom. The first kappa shape index (κ1) is 35.7. The van der Waals surface area contributed by atoms with E-state index in [9.17, 15) is 19.2 Å². The van der Waals surface area contributed by atoms with Crippen molar-refractivity contribution in [2.45, 2.75) is 96.9 Å². The SMILES string of the molecule is COC(=O)[C@H](c1cn(C(=O)OC(C)(C)C)c2ccccc12)[C@]1(CC(=O)OC(C)(C)C)C(=O)N(C(=O)OC(C)(C)C)c2cc(Br)ccc21. The van der Waals surface area contributed by atoms with Gasteiger partial charge in [-0.25, -0.2) is 14.5 Å². The molecule has 0 bridgehead atoms.